The minimum Gasteiger partial charge on any atom is -0.378 e. The number of nitrogens with zero attached hydrogens (tertiary/aromatic N) is 5. The second-order valence-corrected chi connectivity index (χ2v) is 9.94. The molecule has 0 bridgehead atoms. The van der Waals surface area contributed by atoms with E-state index in [0.29, 0.717) is 29.6 Å². The number of carbonyl (C=O) groups is 1. The van der Waals surface area contributed by atoms with E-state index in [4.69, 9.17) is 10.5 Å². The zero-order valence-electron chi connectivity index (χ0n) is 21.9. The third-order valence-electron chi connectivity index (χ3n) is 7.78. The van der Waals surface area contributed by atoms with Gasteiger partial charge in [0.2, 0.25) is 0 Å². The van der Waals surface area contributed by atoms with Gasteiger partial charge in [-0.2, -0.15) is 0 Å². The first kappa shape index (κ1) is 24.1. The summed E-state index contributed by atoms with van der Waals surface area (Å²) < 4.78 is 8.62. The number of benzene rings is 3. The van der Waals surface area contributed by atoms with Gasteiger partial charge in [0.05, 0.1) is 47.0 Å². The molecule has 9 nitrogen and oxygen atoms in total. The molecule has 1 saturated heterocycles. The van der Waals surface area contributed by atoms with Crippen LogP contribution in [0.15, 0.2) is 84.2 Å². The number of fused-ring (bicyclic) bond motifs is 4. The van der Waals surface area contributed by atoms with E-state index in [9.17, 15) is 9.59 Å². The summed E-state index contributed by atoms with van der Waals surface area (Å²) in [6.45, 7) is 4.87. The number of amides is 1. The summed E-state index contributed by atoms with van der Waals surface area (Å²) in [5.41, 5.74) is 12.2. The van der Waals surface area contributed by atoms with Crippen molar-refractivity contribution in [3.05, 3.63) is 95.3 Å². The molecule has 1 amide bonds. The summed E-state index contributed by atoms with van der Waals surface area (Å²) >= 11 is 0. The van der Waals surface area contributed by atoms with Gasteiger partial charge in [-0.1, -0.05) is 30.3 Å². The second kappa shape index (κ2) is 9.32. The molecule has 1 fully saturated rings. The molecule has 0 saturated carbocycles. The lowest BCUT2D eigenvalue weighted by Crippen LogP contribution is -2.36. The van der Waals surface area contributed by atoms with Gasteiger partial charge in [-0.25, -0.2) is 9.78 Å². The standard InChI is InChI=1S/C31H26N6O3/c1-19-21(6-4-8-26(19)36-18-34-25-7-3-2-5-22(25)30(36)38)24-16-33-17-28-29(24)23-10-9-20(35-11-13-40-14-12-35)15-27(23)37(28)31(32)39/h2-10,15-18H,11-14H2,1H3,(H2,32,39). The summed E-state index contributed by atoms with van der Waals surface area (Å²) in [5, 5.41) is 2.33. The number of carbonyl (C=O) groups excluding carboxylic acids is 1. The predicted molar refractivity (Wildman–Crippen MR) is 156 cm³/mol. The zero-order valence-corrected chi connectivity index (χ0v) is 21.9. The number of anilines is 1. The Kier molecular flexibility index (Phi) is 5.60. The molecule has 4 heterocycles. The van der Waals surface area contributed by atoms with Crippen molar-refractivity contribution in [2.24, 2.45) is 5.73 Å². The van der Waals surface area contributed by atoms with Crippen LogP contribution >= 0.6 is 0 Å². The van der Waals surface area contributed by atoms with Crippen molar-refractivity contribution in [3.63, 3.8) is 0 Å². The summed E-state index contributed by atoms with van der Waals surface area (Å²) in [5.74, 6) is 0. The van der Waals surface area contributed by atoms with Crippen LogP contribution in [0.3, 0.4) is 0 Å². The molecule has 1 aliphatic rings. The van der Waals surface area contributed by atoms with Crippen LogP contribution in [0, 0.1) is 6.92 Å². The maximum atomic E-state index is 13.4. The van der Waals surface area contributed by atoms with E-state index < -0.39 is 6.03 Å². The molecule has 3 aromatic carbocycles. The topological polar surface area (TPSA) is 108 Å². The predicted octanol–water partition coefficient (Wildman–Crippen LogP) is 4.63. The summed E-state index contributed by atoms with van der Waals surface area (Å²) in [7, 11) is 0. The molecule has 40 heavy (non-hydrogen) atoms. The number of nitrogens with two attached hydrogens (primary N) is 1. The number of rotatable bonds is 3. The third kappa shape index (κ3) is 3.66. The maximum absolute atomic E-state index is 13.4. The lowest BCUT2D eigenvalue weighted by molar-refractivity contribution is 0.122. The van der Waals surface area contributed by atoms with Crippen LogP contribution in [0.1, 0.15) is 5.56 Å². The molecule has 3 aromatic heterocycles. The molecule has 0 aliphatic carbocycles. The highest BCUT2D eigenvalue weighted by Gasteiger charge is 2.21. The smallest absolute Gasteiger partial charge is 0.323 e. The van der Waals surface area contributed by atoms with Crippen molar-refractivity contribution >= 4 is 44.4 Å². The number of ether oxygens (including phenoxy) is 1. The Morgan fingerprint density at radius 3 is 2.58 bits per heavy atom. The number of hydrogen-bond donors (Lipinski definition) is 1. The van der Waals surface area contributed by atoms with Crippen molar-refractivity contribution in [1.82, 2.24) is 19.1 Å². The summed E-state index contributed by atoms with van der Waals surface area (Å²) in [4.78, 5) is 37.4. The molecular formula is C31H26N6O3. The zero-order chi connectivity index (χ0) is 27.4. The first-order valence-electron chi connectivity index (χ1n) is 13.1. The highest BCUT2D eigenvalue weighted by Crippen LogP contribution is 2.39. The summed E-state index contributed by atoms with van der Waals surface area (Å²) in [6, 6.07) is 18.7. The van der Waals surface area contributed by atoms with Gasteiger partial charge in [-0.3, -0.25) is 18.9 Å². The van der Waals surface area contributed by atoms with Crippen molar-refractivity contribution in [2.45, 2.75) is 6.92 Å². The quantitative estimate of drug-likeness (QED) is 0.358. The Labute approximate surface area is 229 Å². The highest BCUT2D eigenvalue weighted by molar-refractivity contribution is 6.18. The lowest BCUT2D eigenvalue weighted by Gasteiger charge is -2.28. The molecule has 9 heteroatoms. The Bertz CT molecular complexity index is 2020. The van der Waals surface area contributed by atoms with E-state index in [-0.39, 0.29) is 5.56 Å². The Morgan fingerprint density at radius 1 is 0.925 bits per heavy atom. The number of hydrogen-bond acceptors (Lipinski definition) is 6. The van der Waals surface area contributed by atoms with Crippen molar-refractivity contribution < 1.29 is 9.53 Å². The monoisotopic (exact) mass is 530 g/mol. The number of aromatic nitrogens is 4. The van der Waals surface area contributed by atoms with Gasteiger partial charge in [0, 0.05) is 41.3 Å². The largest absolute Gasteiger partial charge is 0.378 e. The first-order chi connectivity index (χ1) is 19.5. The molecule has 198 valence electrons. The van der Waals surface area contributed by atoms with Crippen molar-refractivity contribution in [1.29, 1.82) is 0 Å². The second-order valence-electron chi connectivity index (χ2n) is 9.94. The minimum absolute atomic E-state index is 0.136. The van der Waals surface area contributed by atoms with Gasteiger partial charge in [-0.15, -0.1) is 0 Å². The maximum Gasteiger partial charge on any atom is 0.323 e. The SMILES string of the molecule is Cc1c(-c2cncc3c2c2ccc(N4CCOCC4)cc2n3C(N)=O)cccc1-n1cnc2ccccc2c1=O. The van der Waals surface area contributed by atoms with Crippen molar-refractivity contribution in [2.75, 3.05) is 31.2 Å². The molecule has 0 unspecified atom stereocenters. The normalized spacial score (nSPS) is 13.9. The molecule has 6 aromatic rings. The fraction of sp³-hybridized carbons (Fsp3) is 0.161. The molecule has 2 N–H and O–H groups in total. The lowest BCUT2D eigenvalue weighted by atomic mass is 9.96. The summed E-state index contributed by atoms with van der Waals surface area (Å²) in [6.07, 6.45) is 5.05. The molecule has 0 spiro atoms. The van der Waals surface area contributed by atoms with Crippen LogP contribution in [-0.4, -0.2) is 51.4 Å². The Balaban J connectivity index is 1.45. The van der Waals surface area contributed by atoms with Crippen molar-refractivity contribution in [3.8, 4) is 16.8 Å². The Morgan fingerprint density at radius 2 is 1.75 bits per heavy atom. The fourth-order valence-electron chi connectivity index (χ4n) is 5.83. The fourth-order valence-corrected chi connectivity index (χ4v) is 5.83. The number of primary amides is 1. The van der Waals surface area contributed by atoms with Gasteiger partial charge in [0.15, 0.2) is 0 Å². The van der Waals surface area contributed by atoms with Gasteiger partial charge in [0.1, 0.15) is 6.33 Å². The van der Waals surface area contributed by atoms with E-state index in [0.717, 1.165) is 57.4 Å². The molecule has 0 radical (unpaired) electrons. The first-order valence-corrected chi connectivity index (χ1v) is 13.1. The molecule has 0 atom stereocenters. The van der Waals surface area contributed by atoms with Gasteiger partial charge >= 0.3 is 6.03 Å². The van der Waals surface area contributed by atoms with E-state index >= 15 is 0 Å². The van der Waals surface area contributed by atoms with E-state index in [1.54, 1.807) is 29.4 Å². The van der Waals surface area contributed by atoms with E-state index in [2.05, 4.69) is 20.9 Å². The van der Waals surface area contributed by atoms with Crippen LogP contribution in [0.4, 0.5) is 10.5 Å². The van der Waals surface area contributed by atoms with E-state index in [1.807, 2.05) is 55.5 Å². The molecular weight excluding hydrogens is 504 g/mol. The molecule has 7 rings (SSSR count). The number of pyridine rings is 1. The van der Waals surface area contributed by atoms with Crippen LogP contribution < -0.4 is 16.2 Å². The van der Waals surface area contributed by atoms with Gasteiger partial charge in [0.25, 0.3) is 5.56 Å². The third-order valence-corrected chi connectivity index (χ3v) is 7.78. The Hall–Kier alpha value is -5.02. The van der Waals surface area contributed by atoms with E-state index in [1.165, 1.54) is 4.57 Å². The average molecular weight is 531 g/mol. The van der Waals surface area contributed by atoms with Crippen LogP contribution in [0.25, 0.3) is 49.5 Å². The van der Waals surface area contributed by atoms with Gasteiger partial charge in [-0.05, 0) is 48.4 Å². The average Bonchev–Trinajstić information content (AvgIpc) is 3.33. The molecule has 1 aliphatic heterocycles. The minimum atomic E-state index is -0.572. The van der Waals surface area contributed by atoms with Gasteiger partial charge < -0.3 is 15.4 Å². The van der Waals surface area contributed by atoms with Crippen LogP contribution in [0.2, 0.25) is 0 Å². The van der Waals surface area contributed by atoms with Crippen LogP contribution in [-0.2, 0) is 4.74 Å². The number of para-hydroxylation sites is 1. The van der Waals surface area contributed by atoms with Crippen LogP contribution in [0.5, 0.6) is 0 Å². The highest BCUT2D eigenvalue weighted by atomic mass is 16.5. The number of morpholine rings is 1.